The second-order valence-corrected chi connectivity index (χ2v) is 10.2. The molecule has 0 spiro atoms. The first-order chi connectivity index (χ1) is 15.8. The highest BCUT2D eigenvalue weighted by Crippen LogP contribution is 2.40. The largest absolute Gasteiger partial charge is 0.260 e. The van der Waals surface area contributed by atoms with Gasteiger partial charge in [-0.05, 0) is 61.6 Å². The molecule has 1 aliphatic rings. The van der Waals surface area contributed by atoms with Crippen LogP contribution < -0.4 is 0 Å². The van der Waals surface area contributed by atoms with Crippen LogP contribution in [0, 0.1) is 5.92 Å². The van der Waals surface area contributed by atoms with Crippen LogP contribution in [0.15, 0.2) is 42.6 Å². The molecule has 1 fully saturated rings. The maximum atomic E-state index is 4.90. The highest BCUT2D eigenvalue weighted by Gasteiger charge is 2.25. The van der Waals surface area contributed by atoms with E-state index >= 15 is 0 Å². The van der Waals surface area contributed by atoms with E-state index in [1.54, 1.807) is 0 Å². The molecule has 2 aromatic rings. The Hall–Kier alpha value is -1.63. The molecule has 1 aliphatic carbocycles. The summed E-state index contributed by atoms with van der Waals surface area (Å²) < 4.78 is 0. The normalized spacial score (nSPS) is 18.7. The van der Waals surface area contributed by atoms with Crippen LogP contribution in [0.25, 0.3) is 11.1 Å². The Morgan fingerprint density at radius 2 is 1.38 bits per heavy atom. The molecule has 1 aromatic carbocycles. The summed E-state index contributed by atoms with van der Waals surface area (Å²) in [5.74, 6) is 1.59. The van der Waals surface area contributed by atoms with Gasteiger partial charge in [-0.15, -0.1) is 0 Å². The number of hydrogen-bond acceptors (Lipinski definition) is 1. The van der Waals surface area contributed by atoms with Crippen LogP contribution >= 0.6 is 0 Å². The molecule has 32 heavy (non-hydrogen) atoms. The molecule has 1 nitrogen and oxygen atoms in total. The first kappa shape index (κ1) is 25.0. The Morgan fingerprint density at radius 1 is 0.719 bits per heavy atom. The Balaban J connectivity index is 1.52. The quantitative estimate of drug-likeness (QED) is 0.270. The van der Waals surface area contributed by atoms with Gasteiger partial charge in [0.1, 0.15) is 0 Å². The standard InChI is InChI=1S/C31H47N/c1-3-5-7-9-10-12-15-26-17-21-28(22-18-26)30-16-13-25-32-31(30)29-23-19-27(20-24-29)14-11-8-6-4-2/h13,16-18,21-22,25,27,29H,3-12,14-15,19-20,23-24H2,1-2H3/t27-,29-. The van der Waals surface area contributed by atoms with Gasteiger partial charge in [-0.2, -0.15) is 0 Å². The first-order valence-electron chi connectivity index (χ1n) is 13.9. The lowest BCUT2D eigenvalue weighted by atomic mass is 9.77. The molecule has 176 valence electrons. The van der Waals surface area contributed by atoms with Crippen molar-refractivity contribution in [1.82, 2.24) is 4.98 Å². The molecule has 3 rings (SSSR count). The fraction of sp³-hybridized carbons (Fsp3) is 0.645. The SMILES string of the molecule is CCCCCCCCc1ccc(-c2cccnc2[C@H]2CC[C@H](CCCCCC)CC2)cc1. The number of benzene rings is 1. The number of aromatic nitrogens is 1. The van der Waals surface area contributed by atoms with Gasteiger partial charge in [0, 0.05) is 17.7 Å². The minimum absolute atomic E-state index is 0.640. The molecule has 0 amide bonds. The van der Waals surface area contributed by atoms with Gasteiger partial charge in [0.25, 0.3) is 0 Å². The van der Waals surface area contributed by atoms with Crippen LogP contribution in [0.1, 0.15) is 127 Å². The van der Waals surface area contributed by atoms with Crippen LogP contribution in [0.3, 0.4) is 0 Å². The number of rotatable bonds is 14. The summed E-state index contributed by atoms with van der Waals surface area (Å²) in [4.78, 5) is 4.90. The molecule has 0 bridgehead atoms. The van der Waals surface area contributed by atoms with Crippen molar-refractivity contribution >= 4 is 0 Å². The van der Waals surface area contributed by atoms with Crippen molar-refractivity contribution in [2.24, 2.45) is 5.92 Å². The molecule has 0 unspecified atom stereocenters. The van der Waals surface area contributed by atoms with Gasteiger partial charge in [-0.1, -0.05) is 108 Å². The van der Waals surface area contributed by atoms with Crippen molar-refractivity contribution in [2.45, 2.75) is 122 Å². The minimum atomic E-state index is 0.640. The van der Waals surface area contributed by atoms with E-state index in [0.29, 0.717) is 5.92 Å². The molecule has 0 aliphatic heterocycles. The Labute approximate surface area is 198 Å². The zero-order chi connectivity index (χ0) is 22.4. The Kier molecular flexibility index (Phi) is 11.3. The molecular formula is C31H47N. The highest BCUT2D eigenvalue weighted by molar-refractivity contribution is 5.66. The summed E-state index contributed by atoms with van der Waals surface area (Å²) in [5.41, 5.74) is 5.55. The first-order valence-corrected chi connectivity index (χ1v) is 13.9. The third kappa shape index (κ3) is 8.05. The molecule has 0 N–H and O–H groups in total. The summed E-state index contributed by atoms with van der Waals surface area (Å²) in [5, 5.41) is 0. The fourth-order valence-electron chi connectivity index (χ4n) is 5.53. The van der Waals surface area contributed by atoms with E-state index in [0.717, 1.165) is 5.92 Å². The number of aryl methyl sites for hydroxylation is 1. The van der Waals surface area contributed by atoms with Crippen molar-refractivity contribution in [1.29, 1.82) is 0 Å². The van der Waals surface area contributed by atoms with Gasteiger partial charge in [0.15, 0.2) is 0 Å². The van der Waals surface area contributed by atoms with Crippen molar-refractivity contribution in [3.63, 3.8) is 0 Å². The van der Waals surface area contributed by atoms with Crippen molar-refractivity contribution < 1.29 is 0 Å². The van der Waals surface area contributed by atoms with Crippen molar-refractivity contribution in [2.75, 3.05) is 0 Å². The molecule has 1 saturated carbocycles. The maximum Gasteiger partial charge on any atom is 0.0512 e. The zero-order valence-corrected chi connectivity index (χ0v) is 21.0. The second-order valence-electron chi connectivity index (χ2n) is 10.2. The molecule has 1 aromatic heterocycles. The Bertz CT molecular complexity index is 739. The topological polar surface area (TPSA) is 12.9 Å². The lowest BCUT2D eigenvalue weighted by molar-refractivity contribution is 0.300. The summed E-state index contributed by atoms with van der Waals surface area (Å²) in [6.07, 6.45) is 23.9. The summed E-state index contributed by atoms with van der Waals surface area (Å²) in [7, 11) is 0. The lowest BCUT2D eigenvalue weighted by Gasteiger charge is -2.29. The molecule has 1 heterocycles. The van der Waals surface area contributed by atoms with E-state index in [9.17, 15) is 0 Å². The molecule has 0 radical (unpaired) electrons. The predicted molar refractivity (Wildman–Crippen MR) is 140 cm³/mol. The van der Waals surface area contributed by atoms with Crippen LogP contribution in [0.4, 0.5) is 0 Å². The van der Waals surface area contributed by atoms with Gasteiger partial charge in [0.2, 0.25) is 0 Å². The van der Waals surface area contributed by atoms with E-state index in [-0.39, 0.29) is 0 Å². The molecule has 1 heteroatoms. The number of nitrogens with zero attached hydrogens (tertiary/aromatic N) is 1. The summed E-state index contributed by atoms with van der Waals surface area (Å²) in [6, 6.07) is 13.8. The minimum Gasteiger partial charge on any atom is -0.260 e. The van der Waals surface area contributed by atoms with Gasteiger partial charge in [-0.3, -0.25) is 4.98 Å². The monoisotopic (exact) mass is 433 g/mol. The van der Waals surface area contributed by atoms with E-state index in [1.807, 2.05) is 6.20 Å². The molecule has 0 saturated heterocycles. The van der Waals surface area contributed by atoms with Crippen LogP contribution in [-0.4, -0.2) is 4.98 Å². The number of pyridine rings is 1. The van der Waals surface area contributed by atoms with E-state index in [2.05, 4.69) is 50.2 Å². The second kappa shape index (κ2) is 14.5. The van der Waals surface area contributed by atoms with Crippen LogP contribution in [0.2, 0.25) is 0 Å². The third-order valence-corrected chi connectivity index (χ3v) is 7.62. The van der Waals surface area contributed by atoms with Crippen molar-refractivity contribution in [3.8, 4) is 11.1 Å². The maximum absolute atomic E-state index is 4.90. The van der Waals surface area contributed by atoms with Crippen LogP contribution in [-0.2, 0) is 6.42 Å². The zero-order valence-electron chi connectivity index (χ0n) is 21.0. The van der Waals surface area contributed by atoms with Crippen LogP contribution in [0.5, 0.6) is 0 Å². The van der Waals surface area contributed by atoms with Gasteiger partial charge in [-0.25, -0.2) is 0 Å². The van der Waals surface area contributed by atoms with Gasteiger partial charge in [0.05, 0.1) is 5.69 Å². The fourth-order valence-corrected chi connectivity index (χ4v) is 5.53. The molecular weight excluding hydrogens is 386 g/mol. The number of hydrogen-bond donors (Lipinski definition) is 0. The number of unbranched alkanes of at least 4 members (excludes halogenated alkanes) is 8. The smallest absolute Gasteiger partial charge is 0.0512 e. The van der Waals surface area contributed by atoms with E-state index in [4.69, 9.17) is 4.98 Å². The Morgan fingerprint density at radius 3 is 2.09 bits per heavy atom. The highest BCUT2D eigenvalue weighted by atomic mass is 14.7. The lowest BCUT2D eigenvalue weighted by Crippen LogP contribution is -2.15. The summed E-state index contributed by atoms with van der Waals surface area (Å²) >= 11 is 0. The van der Waals surface area contributed by atoms with Gasteiger partial charge >= 0.3 is 0 Å². The summed E-state index contributed by atoms with van der Waals surface area (Å²) in [6.45, 7) is 4.59. The van der Waals surface area contributed by atoms with E-state index < -0.39 is 0 Å². The van der Waals surface area contributed by atoms with Crippen molar-refractivity contribution in [3.05, 3.63) is 53.9 Å². The average Bonchev–Trinajstić information content (AvgIpc) is 2.85. The average molecular weight is 434 g/mol. The van der Waals surface area contributed by atoms with E-state index in [1.165, 1.54) is 125 Å². The van der Waals surface area contributed by atoms with Gasteiger partial charge < -0.3 is 0 Å². The molecule has 0 atom stereocenters. The predicted octanol–water partition coefficient (Wildman–Crippen LogP) is 9.90. The third-order valence-electron chi connectivity index (χ3n) is 7.62.